The van der Waals surface area contributed by atoms with Crippen molar-refractivity contribution in [2.75, 3.05) is 31.6 Å². The lowest BCUT2D eigenvalue weighted by Gasteiger charge is -2.33. The highest BCUT2D eigenvalue weighted by atomic mass is 35.5. The van der Waals surface area contributed by atoms with E-state index in [-0.39, 0.29) is 29.5 Å². The molecule has 9 heteroatoms. The van der Waals surface area contributed by atoms with Gasteiger partial charge < -0.3 is 15.0 Å². The number of nitrogens with one attached hydrogen (secondary N) is 2. The first-order valence-electron chi connectivity index (χ1n) is 10.9. The van der Waals surface area contributed by atoms with E-state index in [9.17, 15) is 13.2 Å². The monoisotopic (exact) mass is 477 g/mol. The minimum absolute atomic E-state index is 0.0877. The molecular weight excluding hydrogens is 450 g/mol. The predicted molar refractivity (Wildman–Crippen MR) is 125 cm³/mol. The van der Waals surface area contributed by atoms with E-state index in [1.165, 1.54) is 12.1 Å². The van der Waals surface area contributed by atoms with E-state index in [2.05, 4.69) is 10.0 Å². The molecule has 2 aliphatic heterocycles. The molecule has 0 spiro atoms. The molecule has 0 aliphatic carbocycles. The van der Waals surface area contributed by atoms with Gasteiger partial charge in [0.05, 0.1) is 21.7 Å². The number of carbonyl (C=O) groups is 1. The largest absolute Gasteiger partial charge is 0.381 e. The molecule has 2 aromatic carbocycles. The van der Waals surface area contributed by atoms with Crippen LogP contribution in [0.4, 0.5) is 5.69 Å². The normalized spacial score (nSPS) is 19.8. The number of nitrogens with zero attached hydrogens (tertiary/aromatic N) is 1. The quantitative estimate of drug-likeness (QED) is 0.637. The van der Waals surface area contributed by atoms with Crippen molar-refractivity contribution in [3.05, 3.63) is 59.1 Å². The molecule has 2 saturated heterocycles. The summed E-state index contributed by atoms with van der Waals surface area (Å²) in [7, 11) is -3.71. The zero-order valence-corrected chi connectivity index (χ0v) is 19.4. The van der Waals surface area contributed by atoms with Crippen molar-refractivity contribution >= 4 is 33.2 Å². The number of ether oxygens (including phenoxy) is 1. The number of hydrogen-bond donors (Lipinski definition) is 2. The van der Waals surface area contributed by atoms with Crippen LogP contribution in [0.25, 0.3) is 0 Å². The molecule has 2 aliphatic rings. The second-order valence-corrected chi connectivity index (χ2v) is 10.4. The van der Waals surface area contributed by atoms with Crippen molar-refractivity contribution in [2.45, 2.75) is 42.7 Å². The molecule has 2 aromatic rings. The number of sulfonamides is 1. The van der Waals surface area contributed by atoms with Gasteiger partial charge in [0.25, 0.3) is 5.91 Å². The Labute approximate surface area is 194 Å². The maximum atomic E-state index is 13.0. The second-order valence-electron chi connectivity index (χ2n) is 8.21. The molecule has 0 aromatic heterocycles. The third-order valence-corrected chi connectivity index (χ3v) is 7.68. The van der Waals surface area contributed by atoms with Crippen molar-refractivity contribution in [3.8, 4) is 0 Å². The van der Waals surface area contributed by atoms with E-state index in [1.807, 2.05) is 24.3 Å². The fourth-order valence-corrected chi connectivity index (χ4v) is 5.40. The fraction of sp³-hybridized carbons (Fsp3) is 0.435. The lowest BCUT2D eigenvalue weighted by Crippen LogP contribution is -2.42. The second kappa shape index (κ2) is 10.2. The lowest BCUT2D eigenvalue weighted by atomic mass is 10.0. The standard InChI is InChI=1S/C23H28ClN3O4S/c24-21-8-1-2-9-22(21)26-18-10-12-27(13-11-18)23(28)17-5-3-7-20(15-17)32(29,30)25-16-19-6-4-14-31-19/h1-3,5,7-9,15,18-19,25-26H,4,6,10-14,16H2. The van der Waals surface area contributed by atoms with Crippen LogP contribution in [0.5, 0.6) is 0 Å². The van der Waals surface area contributed by atoms with Gasteiger partial charge in [-0.2, -0.15) is 0 Å². The van der Waals surface area contributed by atoms with Crippen LogP contribution in [0.2, 0.25) is 5.02 Å². The van der Waals surface area contributed by atoms with Crippen LogP contribution in [-0.2, 0) is 14.8 Å². The minimum atomic E-state index is -3.71. The number of likely N-dealkylation sites (tertiary alicyclic amines) is 1. The van der Waals surface area contributed by atoms with Crippen molar-refractivity contribution in [1.29, 1.82) is 0 Å². The first kappa shape index (κ1) is 23.0. The summed E-state index contributed by atoms with van der Waals surface area (Å²) < 4.78 is 33.4. The van der Waals surface area contributed by atoms with E-state index in [4.69, 9.17) is 16.3 Å². The summed E-state index contributed by atoms with van der Waals surface area (Å²) in [6.45, 7) is 2.10. The van der Waals surface area contributed by atoms with Gasteiger partial charge in [-0.15, -0.1) is 0 Å². The van der Waals surface area contributed by atoms with Gasteiger partial charge in [0.2, 0.25) is 10.0 Å². The molecule has 0 radical (unpaired) electrons. The smallest absolute Gasteiger partial charge is 0.253 e. The maximum absolute atomic E-state index is 13.0. The van der Waals surface area contributed by atoms with E-state index in [0.717, 1.165) is 31.4 Å². The molecule has 2 fully saturated rings. The highest BCUT2D eigenvalue weighted by molar-refractivity contribution is 7.89. The minimum Gasteiger partial charge on any atom is -0.381 e. The van der Waals surface area contributed by atoms with Gasteiger partial charge in [0, 0.05) is 37.8 Å². The van der Waals surface area contributed by atoms with Crippen molar-refractivity contribution < 1.29 is 17.9 Å². The van der Waals surface area contributed by atoms with Gasteiger partial charge in [-0.25, -0.2) is 13.1 Å². The Balaban J connectivity index is 1.35. The van der Waals surface area contributed by atoms with Crippen LogP contribution >= 0.6 is 11.6 Å². The number of hydrogen-bond acceptors (Lipinski definition) is 5. The third kappa shape index (κ3) is 5.61. The summed E-state index contributed by atoms with van der Waals surface area (Å²) in [5.74, 6) is -0.155. The number of rotatable bonds is 7. The van der Waals surface area contributed by atoms with E-state index >= 15 is 0 Å². The van der Waals surface area contributed by atoms with E-state index in [1.54, 1.807) is 17.0 Å². The Kier molecular flexibility index (Phi) is 7.35. The van der Waals surface area contributed by atoms with Crippen LogP contribution in [0, 0.1) is 0 Å². The molecule has 0 saturated carbocycles. The van der Waals surface area contributed by atoms with Gasteiger partial charge >= 0.3 is 0 Å². The number of piperidine rings is 1. The van der Waals surface area contributed by atoms with Crippen LogP contribution in [0.15, 0.2) is 53.4 Å². The number of para-hydroxylation sites is 1. The zero-order valence-electron chi connectivity index (χ0n) is 17.8. The highest BCUT2D eigenvalue weighted by Crippen LogP contribution is 2.25. The van der Waals surface area contributed by atoms with E-state index in [0.29, 0.717) is 30.3 Å². The predicted octanol–water partition coefficient (Wildman–Crippen LogP) is 3.51. The zero-order chi connectivity index (χ0) is 22.6. The SMILES string of the molecule is O=C(c1cccc(S(=O)(=O)NCC2CCCO2)c1)N1CCC(Nc2ccccc2Cl)CC1. The van der Waals surface area contributed by atoms with Crippen LogP contribution in [0.3, 0.4) is 0 Å². The van der Waals surface area contributed by atoms with Crippen molar-refractivity contribution in [3.63, 3.8) is 0 Å². The first-order valence-corrected chi connectivity index (χ1v) is 12.8. The molecule has 32 heavy (non-hydrogen) atoms. The van der Waals surface area contributed by atoms with Gasteiger partial charge in [-0.3, -0.25) is 4.79 Å². The van der Waals surface area contributed by atoms with Gasteiger partial charge in [-0.1, -0.05) is 29.8 Å². The molecule has 1 atom stereocenters. The van der Waals surface area contributed by atoms with Crippen LogP contribution in [-0.4, -0.2) is 57.6 Å². The molecule has 2 N–H and O–H groups in total. The van der Waals surface area contributed by atoms with Crippen LogP contribution in [0.1, 0.15) is 36.0 Å². The highest BCUT2D eigenvalue weighted by Gasteiger charge is 2.26. The number of benzene rings is 2. The van der Waals surface area contributed by atoms with Gasteiger partial charge in [-0.05, 0) is 56.0 Å². The first-order chi connectivity index (χ1) is 15.4. The molecular formula is C23H28ClN3O4S. The maximum Gasteiger partial charge on any atom is 0.253 e. The Bertz CT molecular complexity index is 1050. The number of halogens is 1. The number of amides is 1. The summed E-state index contributed by atoms with van der Waals surface area (Å²) in [5.41, 5.74) is 1.27. The summed E-state index contributed by atoms with van der Waals surface area (Å²) in [4.78, 5) is 14.9. The Morgan fingerprint density at radius 1 is 1.09 bits per heavy atom. The molecule has 1 unspecified atom stereocenters. The van der Waals surface area contributed by atoms with Gasteiger partial charge in [0.1, 0.15) is 0 Å². The lowest BCUT2D eigenvalue weighted by molar-refractivity contribution is 0.0718. The van der Waals surface area contributed by atoms with Crippen molar-refractivity contribution in [1.82, 2.24) is 9.62 Å². The Hall–Kier alpha value is -2.13. The molecule has 4 rings (SSSR count). The van der Waals surface area contributed by atoms with Crippen molar-refractivity contribution in [2.24, 2.45) is 0 Å². The fourth-order valence-electron chi connectivity index (χ4n) is 4.10. The summed E-state index contributed by atoms with van der Waals surface area (Å²) >= 11 is 6.23. The summed E-state index contributed by atoms with van der Waals surface area (Å²) in [5, 5.41) is 4.12. The molecule has 7 nitrogen and oxygen atoms in total. The summed E-state index contributed by atoms with van der Waals surface area (Å²) in [6.07, 6.45) is 3.29. The Morgan fingerprint density at radius 2 is 1.88 bits per heavy atom. The van der Waals surface area contributed by atoms with E-state index < -0.39 is 10.0 Å². The topological polar surface area (TPSA) is 87.7 Å². The number of anilines is 1. The van der Waals surface area contributed by atoms with Gasteiger partial charge in [0.15, 0.2) is 0 Å². The molecule has 0 bridgehead atoms. The Morgan fingerprint density at radius 3 is 2.59 bits per heavy atom. The average molecular weight is 478 g/mol. The summed E-state index contributed by atoms with van der Waals surface area (Å²) in [6, 6.07) is 14.1. The molecule has 1 amide bonds. The average Bonchev–Trinajstić information content (AvgIpc) is 3.33. The third-order valence-electron chi connectivity index (χ3n) is 5.93. The molecule has 172 valence electrons. The molecule has 2 heterocycles. The number of carbonyl (C=O) groups excluding carboxylic acids is 1. The van der Waals surface area contributed by atoms with Crippen LogP contribution < -0.4 is 10.0 Å².